The molecule has 0 radical (unpaired) electrons. The van der Waals surface area contributed by atoms with E-state index in [0.717, 1.165) is 6.42 Å². The van der Waals surface area contributed by atoms with Crippen LogP contribution in [0.1, 0.15) is 13.3 Å². The summed E-state index contributed by atoms with van der Waals surface area (Å²) in [6, 6.07) is 0. The Morgan fingerprint density at radius 2 is 1.88 bits per heavy atom. The average Bonchev–Trinajstić information content (AvgIpc) is 2.43. The second kappa shape index (κ2) is 1.67. The molecule has 1 fully saturated rings. The van der Waals surface area contributed by atoms with Crippen LogP contribution in [0.4, 0.5) is 8.78 Å². The van der Waals surface area contributed by atoms with E-state index >= 15 is 0 Å². The van der Waals surface area contributed by atoms with E-state index in [1.165, 1.54) is 0 Å². The van der Waals surface area contributed by atoms with Crippen molar-refractivity contribution in [2.45, 2.75) is 13.3 Å². The maximum Gasteiger partial charge on any atom is 0.0978 e. The molecule has 0 amide bonds. The highest BCUT2D eigenvalue weighted by Crippen LogP contribution is 2.52. The van der Waals surface area contributed by atoms with E-state index in [0.29, 0.717) is 0 Å². The Bertz CT molecular complexity index is 81.0. The molecule has 0 bridgehead atoms. The summed E-state index contributed by atoms with van der Waals surface area (Å²) < 4.78 is 23.7. The van der Waals surface area contributed by atoms with Gasteiger partial charge in [0.2, 0.25) is 0 Å². The molecule has 0 heterocycles. The molecule has 0 aromatic carbocycles. The molecule has 1 atom stereocenters. The molecular weight excluding hydrogens is 110 g/mol. The van der Waals surface area contributed by atoms with Crippen molar-refractivity contribution in [2.24, 2.45) is 11.3 Å². The minimum absolute atomic E-state index is 0.275. The van der Waals surface area contributed by atoms with E-state index in [9.17, 15) is 8.78 Å². The van der Waals surface area contributed by atoms with Gasteiger partial charge in [-0.2, -0.15) is 0 Å². The minimum Gasteiger partial charge on any atom is -0.250 e. The molecule has 48 valence electrons. The summed E-state index contributed by atoms with van der Waals surface area (Å²) in [6.07, 6.45) is 0.736. The molecule has 0 aliphatic heterocycles. The fourth-order valence-corrected chi connectivity index (χ4v) is 0.959. The maximum atomic E-state index is 11.8. The smallest absolute Gasteiger partial charge is 0.0978 e. The van der Waals surface area contributed by atoms with Gasteiger partial charge in [0.15, 0.2) is 0 Å². The van der Waals surface area contributed by atoms with Crippen LogP contribution in [0, 0.1) is 11.3 Å². The fourth-order valence-electron chi connectivity index (χ4n) is 0.959. The van der Waals surface area contributed by atoms with E-state index in [4.69, 9.17) is 0 Å². The van der Waals surface area contributed by atoms with Crippen molar-refractivity contribution >= 4 is 0 Å². The Balaban J connectivity index is 2.39. The summed E-state index contributed by atoms with van der Waals surface area (Å²) in [5.74, 6) is 0.275. The van der Waals surface area contributed by atoms with Crippen molar-refractivity contribution in [3.05, 3.63) is 0 Å². The lowest BCUT2D eigenvalue weighted by atomic mass is 10.1. The van der Waals surface area contributed by atoms with Crippen molar-refractivity contribution in [2.75, 3.05) is 13.3 Å². The maximum absolute atomic E-state index is 11.8. The van der Waals surface area contributed by atoms with E-state index < -0.39 is 18.8 Å². The summed E-state index contributed by atoms with van der Waals surface area (Å²) in [4.78, 5) is 0. The van der Waals surface area contributed by atoms with Crippen LogP contribution in [0.5, 0.6) is 0 Å². The Morgan fingerprint density at radius 1 is 1.50 bits per heavy atom. The lowest BCUT2D eigenvalue weighted by Crippen LogP contribution is -2.07. The van der Waals surface area contributed by atoms with Crippen LogP contribution in [0.2, 0.25) is 0 Å². The monoisotopic (exact) mass is 120 g/mol. The minimum atomic E-state index is -0.542. The van der Waals surface area contributed by atoms with E-state index in [1.54, 1.807) is 0 Å². The number of halogens is 2. The summed E-state index contributed by atoms with van der Waals surface area (Å²) in [5.41, 5.74) is -0.542. The molecule has 1 rings (SSSR count). The van der Waals surface area contributed by atoms with Crippen LogP contribution in [-0.4, -0.2) is 13.3 Å². The molecule has 0 aromatic rings. The molecule has 1 unspecified atom stereocenters. The topological polar surface area (TPSA) is 0 Å². The highest BCUT2D eigenvalue weighted by atomic mass is 19.1. The fraction of sp³-hybridized carbons (Fsp3) is 1.00. The number of hydrogen-bond donors (Lipinski definition) is 0. The molecule has 0 aromatic heterocycles. The van der Waals surface area contributed by atoms with Gasteiger partial charge >= 0.3 is 0 Å². The van der Waals surface area contributed by atoms with Crippen molar-refractivity contribution < 1.29 is 8.78 Å². The lowest BCUT2D eigenvalue weighted by molar-refractivity contribution is 0.252. The number of alkyl halides is 2. The molecule has 8 heavy (non-hydrogen) atoms. The van der Waals surface area contributed by atoms with Gasteiger partial charge < -0.3 is 0 Å². The molecule has 2 heteroatoms. The first kappa shape index (κ1) is 5.99. The summed E-state index contributed by atoms with van der Waals surface area (Å²) in [6.45, 7) is 0.925. The molecule has 0 spiro atoms. The highest BCUT2D eigenvalue weighted by Gasteiger charge is 2.51. The van der Waals surface area contributed by atoms with Gasteiger partial charge in [-0.1, -0.05) is 6.92 Å². The first-order valence-electron chi connectivity index (χ1n) is 2.87. The highest BCUT2D eigenvalue weighted by molar-refractivity contribution is 4.98. The van der Waals surface area contributed by atoms with E-state index in [1.807, 2.05) is 6.92 Å². The third kappa shape index (κ3) is 0.627. The zero-order valence-electron chi connectivity index (χ0n) is 4.95. The predicted molar refractivity (Wildman–Crippen MR) is 28.2 cm³/mol. The van der Waals surface area contributed by atoms with Gasteiger partial charge in [0.05, 0.1) is 13.3 Å². The van der Waals surface area contributed by atoms with Crippen molar-refractivity contribution in [1.82, 2.24) is 0 Å². The van der Waals surface area contributed by atoms with Gasteiger partial charge in [-0.3, -0.25) is 8.78 Å². The van der Waals surface area contributed by atoms with Gasteiger partial charge in [0.1, 0.15) is 0 Å². The molecule has 0 nitrogen and oxygen atoms in total. The average molecular weight is 120 g/mol. The van der Waals surface area contributed by atoms with Crippen LogP contribution in [-0.2, 0) is 0 Å². The Morgan fingerprint density at radius 3 is 1.88 bits per heavy atom. The summed E-state index contributed by atoms with van der Waals surface area (Å²) in [5, 5.41) is 0. The van der Waals surface area contributed by atoms with Crippen LogP contribution < -0.4 is 0 Å². The number of rotatable bonds is 2. The Hall–Kier alpha value is -0.140. The molecule has 1 saturated carbocycles. The third-order valence-corrected chi connectivity index (χ3v) is 2.13. The van der Waals surface area contributed by atoms with Gasteiger partial charge in [0, 0.05) is 5.41 Å². The molecule has 1 aliphatic carbocycles. The Labute approximate surface area is 47.9 Å². The molecule has 0 saturated heterocycles. The van der Waals surface area contributed by atoms with Crippen molar-refractivity contribution in [3.63, 3.8) is 0 Å². The lowest BCUT2D eigenvalue weighted by Gasteiger charge is -2.02. The van der Waals surface area contributed by atoms with Crippen LogP contribution in [0.25, 0.3) is 0 Å². The van der Waals surface area contributed by atoms with E-state index in [-0.39, 0.29) is 5.92 Å². The summed E-state index contributed by atoms with van der Waals surface area (Å²) in [7, 11) is 0. The largest absolute Gasteiger partial charge is 0.250 e. The van der Waals surface area contributed by atoms with Gasteiger partial charge in [-0.05, 0) is 12.3 Å². The molecule has 0 N–H and O–H groups in total. The normalized spacial score (nSPS) is 32.6. The third-order valence-electron chi connectivity index (χ3n) is 2.13. The summed E-state index contributed by atoms with van der Waals surface area (Å²) >= 11 is 0. The first-order chi connectivity index (χ1) is 3.75. The standard InChI is InChI=1S/C6H10F2/c1-5-2-6(5,3-7)4-8/h5H,2-4H2,1H3. The molecule has 1 aliphatic rings. The van der Waals surface area contributed by atoms with Crippen LogP contribution in [0.15, 0.2) is 0 Å². The van der Waals surface area contributed by atoms with Crippen molar-refractivity contribution in [1.29, 1.82) is 0 Å². The zero-order chi connectivity index (χ0) is 6.20. The quantitative estimate of drug-likeness (QED) is 0.522. The number of hydrogen-bond acceptors (Lipinski definition) is 0. The van der Waals surface area contributed by atoms with E-state index in [2.05, 4.69) is 0 Å². The van der Waals surface area contributed by atoms with Crippen LogP contribution in [0.3, 0.4) is 0 Å². The van der Waals surface area contributed by atoms with Gasteiger partial charge in [-0.15, -0.1) is 0 Å². The first-order valence-corrected chi connectivity index (χ1v) is 2.87. The second-order valence-electron chi connectivity index (χ2n) is 2.73. The van der Waals surface area contributed by atoms with Crippen molar-refractivity contribution in [3.8, 4) is 0 Å². The predicted octanol–water partition coefficient (Wildman–Crippen LogP) is 1.95. The Kier molecular flexibility index (Phi) is 1.25. The van der Waals surface area contributed by atoms with Crippen LogP contribution >= 0.6 is 0 Å². The SMILES string of the molecule is CC1CC1(CF)CF. The zero-order valence-corrected chi connectivity index (χ0v) is 4.95. The van der Waals surface area contributed by atoms with Gasteiger partial charge in [0.25, 0.3) is 0 Å². The second-order valence-corrected chi connectivity index (χ2v) is 2.73. The van der Waals surface area contributed by atoms with Gasteiger partial charge in [-0.25, -0.2) is 0 Å². The molecular formula is C6H10F2.